The lowest BCUT2D eigenvalue weighted by molar-refractivity contribution is -0.135. The molecule has 2 N–H and O–H groups in total. The van der Waals surface area contributed by atoms with E-state index in [-0.39, 0.29) is 38.7 Å². The molecule has 0 aliphatic heterocycles. The second-order valence-electron chi connectivity index (χ2n) is 6.25. The van der Waals surface area contributed by atoms with E-state index in [1.54, 1.807) is 35.4 Å². The Labute approximate surface area is 160 Å². The van der Waals surface area contributed by atoms with Crippen molar-refractivity contribution in [3.8, 4) is 0 Å². The fraction of sp³-hybridized carbons (Fsp3) is 0.412. The number of aromatic nitrogens is 2. The number of carbonyl (C=O) groups excluding carboxylic acids is 1. The molecule has 1 aliphatic carbocycles. The molecule has 1 heterocycles. The second-order valence-corrected chi connectivity index (χ2v) is 6.25. The largest absolute Gasteiger partial charge is 0.289 e. The van der Waals surface area contributed by atoms with Crippen LogP contribution in [0.5, 0.6) is 0 Å². The number of rotatable bonds is 3. The van der Waals surface area contributed by atoms with Gasteiger partial charge >= 0.3 is 0 Å². The van der Waals surface area contributed by atoms with Crippen LogP contribution in [0.25, 0.3) is 0 Å². The van der Waals surface area contributed by atoms with E-state index in [1.165, 1.54) is 6.07 Å². The van der Waals surface area contributed by atoms with Crippen LogP contribution in [0, 0.1) is 12.7 Å². The lowest BCUT2D eigenvalue weighted by Gasteiger charge is -2.29. The Morgan fingerprint density at radius 3 is 2.72 bits per heavy atom. The summed E-state index contributed by atoms with van der Waals surface area (Å²) in [5.74, 6) is -0.671. The van der Waals surface area contributed by atoms with Gasteiger partial charge in [0.1, 0.15) is 5.82 Å². The first-order valence-corrected chi connectivity index (χ1v) is 7.67. The third-order valence-electron chi connectivity index (χ3n) is 5.11. The molecule has 25 heavy (non-hydrogen) atoms. The molecule has 3 rings (SSSR count). The van der Waals surface area contributed by atoms with Crippen LogP contribution in [0.4, 0.5) is 4.39 Å². The van der Waals surface area contributed by atoms with Crippen molar-refractivity contribution in [1.82, 2.24) is 15.3 Å². The lowest BCUT2D eigenvalue weighted by atomic mass is 9.75. The molecular weight excluding hydrogens is 361 g/mol. The van der Waals surface area contributed by atoms with Crippen LogP contribution in [0.15, 0.2) is 30.5 Å². The van der Waals surface area contributed by atoms with E-state index in [4.69, 9.17) is 0 Å². The number of carbonyl (C=O) groups is 1. The minimum Gasteiger partial charge on any atom is -0.289 e. The summed E-state index contributed by atoms with van der Waals surface area (Å²) in [5, 5.41) is 13.4. The highest BCUT2D eigenvalue weighted by Crippen LogP contribution is 2.49. The van der Waals surface area contributed by atoms with Gasteiger partial charge in [-0.2, -0.15) is 32.1 Å². The Hall–Kier alpha value is -1.51. The summed E-state index contributed by atoms with van der Waals surface area (Å²) >= 11 is 0. The van der Waals surface area contributed by atoms with Gasteiger partial charge in [0.15, 0.2) is 0 Å². The number of benzene rings is 1. The number of hydroxylamine groups is 1. The van der Waals surface area contributed by atoms with Gasteiger partial charge in [-0.25, -0.2) is 9.87 Å². The van der Waals surface area contributed by atoms with Crippen LogP contribution in [-0.2, 0) is 17.3 Å². The van der Waals surface area contributed by atoms with E-state index in [0.29, 0.717) is 24.0 Å². The summed E-state index contributed by atoms with van der Waals surface area (Å²) < 4.78 is 15.8. The molecule has 2 atom stereocenters. The zero-order valence-corrected chi connectivity index (χ0v) is 16.2. The molecule has 0 spiro atoms. The number of nitrogens with zero attached hydrogens (tertiary/aromatic N) is 2. The van der Waals surface area contributed by atoms with Gasteiger partial charge in [0.2, 0.25) is 0 Å². The third-order valence-corrected chi connectivity index (χ3v) is 5.11. The summed E-state index contributed by atoms with van der Waals surface area (Å²) in [6, 6.07) is 6.72. The van der Waals surface area contributed by atoms with E-state index in [0.717, 1.165) is 12.1 Å². The zero-order valence-electron chi connectivity index (χ0n) is 14.2. The zero-order chi connectivity index (χ0) is 16.6. The van der Waals surface area contributed by atoms with Crippen molar-refractivity contribution in [1.29, 1.82) is 0 Å². The van der Waals surface area contributed by atoms with E-state index >= 15 is 0 Å². The summed E-state index contributed by atoms with van der Waals surface area (Å²) in [6.45, 7) is 1.68. The molecular formula is C17H24FN3O2S2. The average Bonchev–Trinajstić information content (AvgIpc) is 3.16. The van der Waals surface area contributed by atoms with Gasteiger partial charge in [-0.15, -0.1) is 0 Å². The standard InChI is InChI=1S/C17H20FN3O2.2H2S/c1-11-13(4-3-5-14(11)18)17(16(22)20-23)8-6-12(10-17)15-7-9-19-21(15)2;;/h3-5,7,9,12,23H,6,8,10H2,1-2H3,(H,20,22);2*1H2/t12-,17-;;/m0../s1. The van der Waals surface area contributed by atoms with Crippen molar-refractivity contribution >= 4 is 32.9 Å². The van der Waals surface area contributed by atoms with Crippen molar-refractivity contribution in [2.45, 2.75) is 37.5 Å². The number of amides is 1. The number of halogens is 1. The molecule has 8 heteroatoms. The molecule has 1 saturated carbocycles. The van der Waals surface area contributed by atoms with Crippen molar-refractivity contribution in [3.63, 3.8) is 0 Å². The van der Waals surface area contributed by atoms with E-state index < -0.39 is 11.3 Å². The van der Waals surface area contributed by atoms with Crippen molar-refractivity contribution in [2.24, 2.45) is 7.05 Å². The first-order chi connectivity index (χ1) is 11.0. The lowest BCUT2D eigenvalue weighted by Crippen LogP contribution is -2.42. The second kappa shape index (κ2) is 8.25. The van der Waals surface area contributed by atoms with Gasteiger partial charge in [0, 0.05) is 24.9 Å². The van der Waals surface area contributed by atoms with Crippen molar-refractivity contribution in [3.05, 3.63) is 53.1 Å². The van der Waals surface area contributed by atoms with Crippen LogP contribution in [0.2, 0.25) is 0 Å². The molecule has 1 aromatic carbocycles. The van der Waals surface area contributed by atoms with E-state index in [1.807, 2.05) is 13.1 Å². The summed E-state index contributed by atoms with van der Waals surface area (Å²) in [4.78, 5) is 12.5. The minimum absolute atomic E-state index is 0. The van der Waals surface area contributed by atoms with Gasteiger partial charge in [-0.3, -0.25) is 14.7 Å². The molecule has 0 saturated heterocycles. The number of nitrogens with one attached hydrogen (secondary N) is 1. The predicted molar refractivity (Wildman–Crippen MR) is 103 cm³/mol. The van der Waals surface area contributed by atoms with Gasteiger partial charge < -0.3 is 0 Å². The van der Waals surface area contributed by atoms with E-state index in [9.17, 15) is 14.4 Å². The highest BCUT2D eigenvalue weighted by atomic mass is 32.1. The summed E-state index contributed by atoms with van der Waals surface area (Å²) in [6.07, 6.45) is 3.58. The fourth-order valence-electron chi connectivity index (χ4n) is 3.89. The normalized spacial score (nSPS) is 22.0. The number of hydrogen-bond donors (Lipinski definition) is 2. The SMILES string of the molecule is Cc1c(F)cccc1[C@]1(C(=O)NO)CC[C@H](c2ccnn2C)C1.S.S. The van der Waals surface area contributed by atoms with E-state index in [2.05, 4.69) is 5.10 Å². The maximum absolute atomic E-state index is 14.0. The molecule has 1 aromatic heterocycles. The molecule has 1 amide bonds. The predicted octanol–water partition coefficient (Wildman–Crippen LogP) is 2.80. The molecule has 0 radical (unpaired) electrons. The Balaban J connectivity index is 0.00000156. The third kappa shape index (κ3) is 3.56. The maximum Gasteiger partial charge on any atom is 0.254 e. The molecule has 0 unspecified atom stereocenters. The average molecular weight is 386 g/mol. The van der Waals surface area contributed by atoms with Gasteiger partial charge in [0.05, 0.1) is 5.41 Å². The summed E-state index contributed by atoms with van der Waals surface area (Å²) in [7, 11) is 1.87. The molecule has 2 aromatic rings. The smallest absolute Gasteiger partial charge is 0.254 e. The molecule has 5 nitrogen and oxygen atoms in total. The Bertz CT molecular complexity index is 753. The minimum atomic E-state index is -0.921. The maximum atomic E-state index is 14.0. The first-order valence-electron chi connectivity index (χ1n) is 7.67. The van der Waals surface area contributed by atoms with Gasteiger partial charge in [0.25, 0.3) is 5.91 Å². The molecule has 1 aliphatic rings. The molecule has 0 bridgehead atoms. The highest BCUT2D eigenvalue weighted by molar-refractivity contribution is 7.59. The van der Waals surface area contributed by atoms with Crippen LogP contribution in [0.1, 0.15) is 42.0 Å². The monoisotopic (exact) mass is 385 g/mol. The van der Waals surface area contributed by atoms with Crippen LogP contribution < -0.4 is 5.48 Å². The van der Waals surface area contributed by atoms with Crippen molar-refractivity contribution in [2.75, 3.05) is 0 Å². The van der Waals surface area contributed by atoms with Crippen LogP contribution >= 0.6 is 27.0 Å². The topological polar surface area (TPSA) is 67.2 Å². The first kappa shape index (κ1) is 21.5. The Kier molecular flexibility index (Phi) is 7.10. The molecule has 1 fully saturated rings. The Morgan fingerprint density at radius 1 is 1.40 bits per heavy atom. The number of hydrogen-bond acceptors (Lipinski definition) is 3. The van der Waals surface area contributed by atoms with Crippen molar-refractivity contribution < 1.29 is 14.4 Å². The number of aryl methyl sites for hydroxylation is 1. The van der Waals surface area contributed by atoms with Crippen LogP contribution in [-0.4, -0.2) is 20.9 Å². The molecule has 138 valence electrons. The Morgan fingerprint density at radius 2 is 2.12 bits per heavy atom. The summed E-state index contributed by atoms with van der Waals surface area (Å²) in [5.41, 5.74) is 3.02. The highest BCUT2D eigenvalue weighted by Gasteiger charge is 2.48. The quantitative estimate of drug-likeness (QED) is 0.631. The van der Waals surface area contributed by atoms with Gasteiger partial charge in [-0.05, 0) is 49.4 Å². The fourth-order valence-corrected chi connectivity index (χ4v) is 3.89. The van der Waals surface area contributed by atoms with Gasteiger partial charge in [-0.1, -0.05) is 12.1 Å². The van der Waals surface area contributed by atoms with Crippen LogP contribution in [0.3, 0.4) is 0 Å².